The van der Waals surface area contributed by atoms with Crippen LogP contribution in [-0.2, 0) is 0 Å². The summed E-state index contributed by atoms with van der Waals surface area (Å²) in [4.78, 5) is 12.3. The molecule has 0 fully saturated rings. The summed E-state index contributed by atoms with van der Waals surface area (Å²) in [6.07, 6.45) is 0. The minimum atomic E-state index is -1.25. The van der Waals surface area contributed by atoms with E-state index in [-0.39, 0.29) is 5.78 Å². The first-order valence-electron chi connectivity index (χ1n) is 5.31. The molecule has 0 saturated carbocycles. The number of hydrogen-bond donors (Lipinski definition) is 0. The van der Waals surface area contributed by atoms with Gasteiger partial charge in [0.15, 0.2) is 0 Å². The normalized spacial score (nSPS) is 11.0. The highest BCUT2D eigenvalue weighted by molar-refractivity contribution is 9.25. The number of alkyl halides is 2. The van der Waals surface area contributed by atoms with Crippen molar-refractivity contribution < 1.29 is 9.53 Å². The zero-order chi connectivity index (χ0) is 13.0. The van der Waals surface area contributed by atoms with E-state index in [4.69, 9.17) is 4.74 Å². The molecule has 0 aliphatic heterocycles. The van der Waals surface area contributed by atoms with Gasteiger partial charge in [-0.05, 0) is 44.0 Å². The van der Waals surface area contributed by atoms with Crippen LogP contribution in [0.1, 0.15) is 10.4 Å². The van der Waals surface area contributed by atoms with E-state index in [1.165, 1.54) is 0 Å². The Labute approximate surface area is 122 Å². The van der Waals surface area contributed by atoms with Crippen molar-refractivity contribution in [3.8, 4) is 5.75 Å². The lowest BCUT2D eigenvalue weighted by atomic mass is 10.1. The van der Waals surface area contributed by atoms with E-state index in [9.17, 15) is 4.79 Å². The molecule has 4 heteroatoms. The number of carbonyl (C=O) groups excluding carboxylic acids is 1. The lowest BCUT2D eigenvalue weighted by Gasteiger charge is -2.21. The maximum absolute atomic E-state index is 12.3. The topological polar surface area (TPSA) is 26.3 Å². The summed E-state index contributed by atoms with van der Waals surface area (Å²) in [7, 11) is 0. The molecule has 0 unspecified atom stereocenters. The van der Waals surface area contributed by atoms with Crippen LogP contribution in [0.15, 0.2) is 60.7 Å². The summed E-state index contributed by atoms with van der Waals surface area (Å²) in [6.45, 7) is 0. The molecular formula is C14H10Br2O2. The number of benzene rings is 2. The van der Waals surface area contributed by atoms with Gasteiger partial charge in [0.1, 0.15) is 5.75 Å². The van der Waals surface area contributed by atoms with Crippen molar-refractivity contribution in [1.29, 1.82) is 0 Å². The molecule has 0 aliphatic carbocycles. The molecule has 0 aromatic heterocycles. The molecule has 0 saturated heterocycles. The molecule has 0 bridgehead atoms. The molecule has 2 rings (SSSR count). The number of ketones is 1. The van der Waals surface area contributed by atoms with E-state index in [2.05, 4.69) is 31.9 Å². The second kappa shape index (κ2) is 5.67. The SMILES string of the molecule is O=C(c1ccccc1)C(Br)(Br)Oc1ccccc1. The van der Waals surface area contributed by atoms with Crippen LogP contribution < -0.4 is 4.74 Å². The predicted octanol–water partition coefficient (Wildman–Crippen LogP) is 4.39. The summed E-state index contributed by atoms with van der Waals surface area (Å²) >= 11 is 6.53. The molecule has 2 aromatic carbocycles. The summed E-state index contributed by atoms with van der Waals surface area (Å²) < 4.78 is 4.35. The van der Waals surface area contributed by atoms with Crippen molar-refractivity contribution in [1.82, 2.24) is 0 Å². The highest BCUT2D eigenvalue weighted by atomic mass is 79.9. The van der Waals surface area contributed by atoms with Gasteiger partial charge in [0.05, 0.1) is 0 Å². The van der Waals surface area contributed by atoms with Crippen LogP contribution in [0.2, 0.25) is 0 Å². The van der Waals surface area contributed by atoms with Gasteiger partial charge < -0.3 is 4.74 Å². The molecule has 0 aliphatic rings. The first-order chi connectivity index (χ1) is 8.59. The lowest BCUT2D eigenvalue weighted by molar-refractivity contribution is 0.0872. The van der Waals surface area contributed by atoms with E-state index < -0.39 is 3.42 Å². The second-order valence-electron chi connectivity index (χ2n) is 3.63. The average molecular weight is 370 g/mol. The number of halogens is 2. The highest BCUT2D eigenvalue weighted by Gasteiger charge is 2.35. The molecule has 92 valence electrons. The molecule has 0 radical (unpaired) electrons. The Balaban J connectivity index is 2.19. The zero-order valence-corrected chi connectivity index (χ0v) is 12.5. The van der Waals surface area contributed by atoms with Crippen molar-refractivity contribution in [2.45, 2.75) is 3.42 Å². The van der Waals surface area contributed by atoms with Crippen LogP contribution in [0.25, 0.3) is 0 Å². The van der Waals surface area contributed by atoms with Gasteiger partial charge in [-0.15, -0.1) is 0 Å². The molecular weight excluding hydrogens is 360 g/mol. The molecule has 0 amide bonds. The standard InChI is InChI=1S/C14H10Br2O2/c15-14(16,18-12-9-5-2-6-10-12)13(17)11-7-3-1-4-8-11/h1-10H. The van der Waals surface area contributed by atoms with Gasteiger partial charge in [-0.2, -0.15) is 0 Å². The van der Waals surface area contributed by atoms with E-state index in [1.807, 2.05) is 36.4 Å². The summed E-state index contributed by atoms with van der Waals surface area (Å²) in [5.74, 6) is 0.419. The van der Waals surface area contributed by atoms with E-state index in [0.29, 0.717) is 11.3 Å². The third-order valence-corrected chi connectivity index (χ3v) is 3.33. The molecule has 0 spiro atoms. The van der Waals surface area contributed by atoms with Crippen LogP contribution in [0.4, 0.5) is 0 Å². The van der Waals surface area contributed by atoms with Gasteiger partial charge in [-0.25, -0.2) is 0 Å². The molecule has 2 nitrogen and oxygen atoms in total. The average Bonchev–Trinajstić information content (AvgIpc) is 2.39. The fraction of sp³-hybridized carbons (Fsp3) is 0.0714. The zero-order valence-electron chi connectivity index (χ0n) is 9.35. The number of rotatable bonds is 4. The van der Waals surface area contributed by atoms with Gasteiger partial charge in [0.2, 0.25) is 5.78 Å². The molecule has 0 atom stereocenters. The fourth-order valence-electron chi connectivity index (χ4n) is 1.44. The van der Waals surface area contributed by atoms with Crippen LogP contribution in [0.3, 0.4) is 0 Å². The predicted molar refractivity (Wildman–Crippen MR) is 78.4 cm³/mol. The minimum Gasteiger partial charge on any atom is -0.458 e. The van der Waals surface area contributed by atoms with E-state index in [1.54, 1.807) is 24.3 Å². The Morgan fingerprint density at radius 2 is 1.39 bits per heavy atom. The van der Waals surface area contributed by atoms with E-state index in [0.717, 1.165) is 0 Å². The van der Waals surface area contributed by atoms with Gasteiger partial charge in [-0.3, -0.25) is 4.79 Å². The first kappa shape index (κ1) is 13.3. The van der Waals surface area contributed by atoms with Crippen molar-refractivity contribution in [3.63, 3.8) is 0 Å². The molecule has 0 heterocycles. The highest BCUT2D eigenvalue weighted by Crippen LogP contribution is 2.33. The number of carbonyl (C=O) groups is 1. The van der Waals surface area contributed by atoms with Crippen molar-refractivity contribution in [2.75, 3.05) is 0 Å². The maximum Gasteiger partial charge on any atom is 0.280 e. The Hall–Kier alpha value is -1.13. The monoisotopic (exact) mass is 368 g/mol. The molecule has 2 aromatic rings. The largest absolute Gasteiger partial charge is 0.458 e. The van der Waals surface area contributed by atoms with Crippen molar-refractivity contribution in [2.24, 2.45) is 0 Å². The number of para-hydroxylation sites is 1. The van der Waals surface area contributed by atoms with Crippen molar-refractivity contribution in [3.05, 3.63) is 66.2 Å². The summed E-state index contributed by atoms with van der Waals surface area (Å²) in [5, 5.41) is 0. The van der Waals surface area contributed by atoms with Crippen LogP contribution in [0.5, 0.6) is 5.75 Å². The van der Waals surface area contributed by atoms with Crippen LogP contribution in [-0.4, -0.2) is 9.20 Å². The summed E-state index contributed by atoms with van der Waals surface area (Å²) in [6, 6.07) is 18.1. The van der Waals surface area contributed by atoms with Gasteiger partial charge >= 0.3 is 0 Å². The second-order valence-corrected chi connectivity index (χ2v) is 6.92. The number of ether oxygens (including phenoxy) is 1. The quantitative estimate of drug-likeness (QED) is 0.590. The Morgan fingerprint density at radius 3 is 1.94 bits per heavy atom. The van der Waals surface area contributed by atoms with E-state index >= 15 is 0 Å². The Bertz CT molecular complexity index is 524. The first-order valence-corrected chi connectivity index (χ1v) is 6.90. The number of hydrogen-bond acceptors (Lipinski definition) is 2. The molecule has 0 N–H and O–H groups in total. The smallest absolute Gasteiger partial charge is 0.280 e. The Kier molecular flexibility index (Phi) is 4.19. The van der Waals surface area contributed by atoms with Crippen LogP contribution in [0, 0.1) is 0 Å². The number of Topliss-reactive ketones (excluding diaryl/α,β-unsaturated/α-hetero) is 1. The van der Waals surface area contributed by atoms with Crippen molar-refractivity contribution >= 4 is 37.6 Å². The lowest BCUT2D eigenvalue weighted by Crippen LogP contribution is -2.31. The molecule has 18 heavy (non-hydrogen) atoms. The fourth-order valence-corrected chi connectivity index (χ4v) is 2.27. The van der Waals surface area contributed by atoms with Gasteiger partial charge in [0, 0.05) is 5.56 Å². The third-order valence-electron chi connectivity index (χ3n) is 2.29. The van der Waals surface area contributed by atoms with Gasteiger partial charge in [0.25, 0.3) is 3.42 Å². The Morgan fingerprint density at radius 1 is 0.889 bits per heavy atom. The van der Waals surface area contributed by atoms with Gasteiger partial charge in [-0.1, -0.05) is 48.5 Å². The minimum absolute atomic E-state index is 0.188. The summed E-state index contributed by atoms with van der Waals surface area (Å²) in [5.41, 5.74) is 0.571. The third kappa shape index (κ3) is 3.21. The van der Waals surface area contributed by atoms with Crippen LogP contribution >= 0.6 is 31.9 Å². The maximum atomic E-state index is 12.3.